The van der Waals surface area contributed by atoms with Crippen molar-refractivity contribution in [1.82, 2.24) is 20.0 Å². The van der Waals surface area contributed by atoms with Gasteiger partial charge >= 0.3 is 0 Å². The fourth-order valence-electron chi connectivity index (χ4n) is 3.17. The van der Waals surface area contributed by atoms with Crippen molar-refractivity contribution >= 4 is 29.9 Å². The predicted molar refractivity (Wildman–Crippen MR) is 113 cm³/mol. The Morgan fingerprint density at radius 2 is 2.16 bits per heavy atom. The topological polar surface area (TPSA) is 71.5 Å². The van der Waals surface area contributed by atoms with Crippen molar-refractivity contribution in [2.45, 2.75) is 32.4 Å². The zero-order chi connectivity index (χ0) is 16.8. The molecule has 6 nitrogen and oxygen atoms in total. The summed E-state index contributed by atoms with van der Waals surface area (Å²) in [5.41, 5.74) is 8.17. The number of nitrogens with zero attached hydrogens (tertiary/aromatic N) is 4. The van der Waals surface area contributed by atoms with Crippen LogP contribution in [0.5, 0.6) is 0 Å². The maximum Gasteiger partial charge on any atom is 0.188 e. The SMILES string of the molecule is CCN1CCCC1CNC(N)=NCc1ccc(-n2cccn2)cc1.I. The monoisotopic (exact) mass is 454 g/mol. The summed E-state index contributed by atoms with van der Waals surface area (Å²) in [6.07, 6.45) is 6.22. The summed E-state index contributed by atoms with van der Waals surface area (Å²) in [6, 6.07) is 10.7. The zero-order valence-corrected chi connectivity index (χ0v) is 17.0. The van der Waals surface area contributed by atoms with Crippen LogP contribution in [-0.4, -0.2) is 46.3 Å². The largest absolute Gasteiger partial charge is 0.370 e. The molecule has 0 saturated carbocycles. The second kappa shape index (κ2) is 9.76. The number of rotatable bonds is 6. The summed E-state index contributed by atoms with van der Waals surface area (Å²) in [5.74, 6) is 0.522. The van der Waals surface area contributed by atoms with Gasteiger partial charge in [0.2, 0.25) is 0 Å². The van der Waals surface area contributed by atoms with E-state index in [1.807, 2.05) is 29.1 Å². The molecule has 3 rings (SSSR count). The lowest BCUT2D eigenvalue weighted by Gasteiger charge is -2.23. The Bertz CT molecular complexity index is 653. The lowest BCUT2D eigenvalue weighted by atomic mass is 10.2. The molecule has 0 amide bonds. The van der Waals surface area contributed by atoms with Crippen LogP contribution >= 0.6 is 24.0 Å². The minimum Gasteiger partial charge on any atom is -0.370 e. The molecule has 7 heteroatoms. The van der Waals surface area contributed by atoms with Crippen molar-refractivity contribution in [3.8, 4) is 5.69 Å². The average molecular weight is 454 g/mol. The van der Waals surface area contributed by atoms with Gasteiger partial charge in [-0.2, -0.15) is 5.10 Å². The van der Waals surface area contributed by atoms with E-state index in [2.05, 4.69) is 39.4 Å². The van der Waals surface area contributed by atoms with Gasteiger partial charge in [-0.25, -0.2) is 9.67 Å². The third kappa shape index (κ3) is 5.43. The molecule has 2 aromatic rings. The lowest BCUT2D eigenvalue weighted by Crippen LogP contribution is -2.42. The maximum absolute atomic E-state index is 6.00. The summed E-state index contributed by atoms with van der Waals surface area (Å²) in [4.78, 5) is 6.94. The van der Waals surface area contributed by atoms with Gasteiger partial charge in [0.1, 0.15) is 0 Å². The highest BCUT2D eigenvalue weighted by molar-refractivity contribution is 14.0. The molecule has 1 unspecified atom stereocenters. The van der Waals surface area contributed by atoms with E-state index in [-0.39, 0.29) is 24.0 Å². The maximum atomic E-state index is 6.00. The molecule has 0 bridgehead atoms. The van der Waals surface area contributed by atoms with Crippen molar-refractivity contribution in [3.05, 3.63) is 48.3 Å². The first kappa shape index (κ1) is 19.7. The minimum absolute atomic E-state index is 0. The number of likely N-dealkylation sites (tertiary alicyclic amines) is 1. The van der Waals surface area contributed by atoms with Crippen molar-refractivity contribution < 1.29 is 0 Å². The summed E-state index contributed by atoms with van der Waals surface area (Å²) in [7, 11) is 0. The average Bonchev–Trinajstić information content (AvgIpc) is 3.29. The number of nitrogens with one attached hydrogen (secondary N) is 1. The molecular formula is C18H27IN6. The fraction of sp³-hybridized carbons (Fsp3) is 0.444. The van der Waals surface area contributed by atoms with Crippen molar-refractivity contribution in [2.75, 3.05) is 19.6 Å². The van der Waals surface area contributed by atoms with E-state index in [1.165, 1.54) is 19.4 Å². The molecule has 1 aliphatic rings. The Labute approximate surface area is 166 Å². The Morgan fingerprint density at radius 3 is 2.84 bits per heavy atom. The van der Waals surface area contributed by atoms with Crippen LogP contribution in [0, 0.1) is 0 Å². The highest BCUT2D eigenvalue weighted by atomic mass is 127. The summed E-state index contributed by atoms with van der Waals surface area (Å²) in [5, 5.41) is 7.49. The van der Waals surface area contributed by atoms with Crippen molar-refractivity contribution in [2.24, 2.45) is 10.7 Å². The van der Waals surface area contributed by atoms with Crippen LogP contribution in [0.2, 0.25) is 0 Å². The number of hydrogen-bond donors (Lipinski definition) is 2. The van der Waals surface area contributed by atoms with Gasteiger partial charge in [-0.3, -0.25) is 4.90 Å². The third-order valence-corrected chi connectivity index (χ3v) is 4.56. The van der Waals surface area contributed by atoms with Gasteiger partial charge in [-0.1, -0.05) is 19.1 Å². The Morgan fingerprint density at radius 1 is 1.36 bits per heavy atom. The molecule has 1 saturated heterocycles. The Balaban J connectivity index is 0.00000225. The number of guanidine groups is 1. The van der Waals surface area contributed by atoms with E-state index in [9.17, 15) is 0 Å². The van der Waals surface area contributed by atoms with Crippen LogP contribution < -0.4 is 11.1 Å². The summed E-state index contributed by atoms with van der Waals surface area (Å²) >= 11 is 0. The van der Waals surface area contributed by atoms with E-state index >= 15 is 0 Å². The first-order valence-electron chi connectivity index (χ1n) is 8.63. The molecule has 0 aliphatic carbocycles. The van der Waals surface area contributed by atoms with Gasteiger partial charge in [0.15, 0.2) is 5.96 Å². The van der Waals surface area contributed by atoms with Gasteiger partial charge in [0.05, 0.1) is 12.2 Å². The number of halogens is 1. The fourth-order valence-corrected chi connectivity index (χ4v) is 3.17. The number of likely N-dealkylation sites (N-methyl/N-ethyl adjacent to an activating group) is 1. The number of benzene rings is 1. The van der Waals surface area contributed by atoms with Crippen molar-refractivity contribution in [1.29, 1.82) is 0 Å². The molecule has 136 valence electrons. The Kier molecular flexibility index (Phi) is 7.70. The number of hydrogen-bond acceptors (Lipinski definition) is 3. The normalized spacial score (nSPS) is 18.1. The number of aliphatic imine (C=N–C) groups is 1. The van der Waals surface area contributed by atoms with Crippen molar-refractivity contribution in [3.63, 3.8) is 0 Å². The van der Waals surface area contributed by atoms with Crippen LogP contribution in [0.3, 0.4) is 0 Å². The first-order chi connectivity index (χ1) is 11.8. The third-order valence-electron chi connectivity index (χ3n) is 4.56. The molecule has 3 N–H and O–H groups in total. The van der Waals surface area contributed by atoms with E-state index in [1.54, 1.807) is 6.20 Å². The number of nitrogens with two attached hydrogens (primary N) is 1. The van der Waals surface area contributed by atoms with Gasteiger partial charge in [-0.05, 0) is 49.7 Å². The second-order valence-electron chi connectivity index (χ2n) is 6.12. The second-order valence-corrected chi connectivity index (χ2v) is 6.12. The van der Waals surface area contributed by atoms with Gasteiger partial charge in [-0.15, -0.1) is 24.0 Å². The van der Waals surface area contributed by atoms with E-state index in [4.69, 9.17) is 5.73 Å². The highest BCUT2D eigenvalue weighted by Crippen LogP contribution is 2.15. The molecule has 0 radical (unpaired) electrons. The van der Waals surface area contributed by atoms with E-state index < -0.39 is 0 Å². The zero-order valence-electron chi connectivity index (χ0n) is 14.6. The van der Waals surface area contributed by atoms with E-state index in [0.717, 1.165) is 24.3 Å². The predicted octanol–water partition coefficient (Wildman–Crippen LogP) is 2.38. The Hall–Kier alpha value is -1.61. The molecular weight excluding hydrogens is 427 g/mol. The van der Waals surface area contributed by atoms with Crippen LogP contribution in [0.15, 0.2) is 47.7 Å². The molecule has 2 heterocycles. The van der Waals surface area contributed by atoms with Gasteiger partial charge in [0.25, 0.3) is 0 Å². The van der Waals surface area contributed by atoms with Gasteiger partial charge < -0.3 is 11.1 Å². The van der Waals surface area contributed by atoms with Crippen LogP contribution in [0.25, 0.3) is 5.69 Å². The number of aromatic nitrogens is 2. The molecule has 25 heavy (non-hydrogen) atoms. The molecule has 1 aliphatic heterocycles. The highest BCUT2D eigenvalue weighted by Gasteiger charge is 2.22. The molecule has 0 spiro atoms. The minimum atomic E-state index is 0. The molecule has 1 aromatic carbocycles. The van der Waals surface area contributed by atoms with E-state index in [0.29, 0.717) is 18.5 Å². The standard InChI is InChI=1S/C18H26N6.HI/c1-2-23-11-3-5-17(23)14-21-18(19)20-13-15-6-8-16(9-7-15)24-12-4-10-22-24;/h4,6-10,12,17H,2-3,5,11,13-14H2,1H3,(H3,19,20,21);1H. The molecule has 1 aromatic heterocycles. The first-order valence-corrected chi connectivity index (χ1v) is 8.63. The lowest BCUT2D eigenvalue weighted by molar-refractivity contribution is 0.267. The molecule has 1 fully saturated rings. The van der Waals surface area contributed by atoms with Crippen LogP contribution in [0.4, 0.5) is 0 Å². The molecule has 1 atom stereocenters. The van der Waals surface area contributed by atoms with Crippen LogP contribution in [-0.2, 0) is 6.54 Å². The summed E-state index contributed by atoms with van der Waals surface area (Å²) < 4.78 is 1.84. The van der Waals surface area contributed by atoms with Gasteiger partial charge in [0, 0.05) is 25.0 Å². The van der Waals surface area contributed by atoms with Crippen LogP contribution in [0.1, 0.15) is 25.3 Å². The smallest absolute Gasteiger partial charge is 0.188 e. The summed E-state index contributed by atoms with van der Waals surface area (Å²) in [6.45, 7) is 5.97. The quantitative estimate of drug-likeness (QED) is 0.400.